The fourth-order valence-corrected chi connectivity index (χ4v) is 1.83. The third-order valence-electron chi connectivity index (χ3n) is 2.82. The summed E-state index contributed by atoms with van der Waals surface area (Å²) in [5.74, 6) is 0.444. The number of fused-ring (bicyclic) bond motifs is 1. The highest BCUT2D eigenvalue weighted by Crippen LogP contribution is 2.31. The van der Waals surface area contributed by atoms with Crippen molar-refractivity contribution in [2.45, 2.75) is 31.9 Å². The van der Waals surface area contributed by atoms with Gasteiger partial charge in [-0.15, -0.1) is 0 Å². The number of hydrogen-bond acceptors (Lipinski definition) is 3. The van der Waals surface area contributed by atoms with Crippen molar-refractivity contribution in [3.8, 4) is 5.75 Å². The van der Waals surface area contributed by atoms with Crippen molar-refractivity contribution in [2.75, 3.05) is 6.61 Å². The maximum atomic E-state index is 11.7. The summed E-state index contributed by atoms with van der Waals surface area (Å²) in [6.45, 7) is 3.54. The van der Waals surface area contributed by atoms with E-state index in [9.17, 15) is 9.90 Å². The summed E-state index contributed by atoms with van der Waals surface area (Å²) in [4.78, 5) is 11.7. The van der Waals surface area contributed by atoms with Gasteiger partial charge in [0.1, 0.15) is 11.4 Å². The highest BCUT2D eigenvalue weighted by Gasteiger charge is 2.29. The molecule has 0 bridgehead atoms. The predicted octanol–water partition coefficient (Wildman–Crippen LogP) is 1.40. The van der Waals surface area contributed by atoms with Crippen LogP contribution in [0.4, 0.5) is 0 Å². The summed E-state index contributed by atoms with van der Waals surface area (Å²) in [6.07, 6.45) is 0.721. The molecule has 1 heterocycles. The third-order valence-corrected chi connectivity index (χ3v) is 2.82. The van der Waals surface area contributed by atoms with Gasteiger partial charge in [-0.25, -0.2) is 0 Å². The molecular formula is C13H17NO3. The molecule has 0 fully saturated rings. The molecule has 17 heavy (non-hydrogen) atoms. The van der Waals surface area contributed by atoms with Crippen LogP contribution in [0.1, 0.15) is 31.9 Å². The molecule has 2 N–H and O–H groups in total. The zero-order valence-electron chi connectivity index (χ0n) is 10.1. The van der Waals surface area contributed by atoms with Gasteiger partial charge in [0.2, 0.25) is 0 Å². The Morgan fingerprint density at radius 2 is 2.18 bits per heavy atom. The van der Waals surface area contributed by atoms with Crippen LogP contribution in [0.2, 0.25) is 0 Å². The molecule has 1 aromatic carbocycles. The Bertz CT molecular complexity index is 423. The first kappa shape index (κ1) is 11.9. The fraction of sp³-hybridized carbons (Fsp3) is 0.462. The fourth-order valence-electron chi connectivity index (χ4n) is 1.83. The Hall–Kier alpha value is -1.55. The molecule has 0 spiro atoms. The Morgan fingerprint density at radius 3 is 2.88 bits per heavy atom. The lowest BCUT2D eigenvalue weighted by molar-refractivity contribution is -0.137. The van der Waals surface area contributed by atoms with Gasteiger partial charge >= 0.3 is 0 Å². The van der Waals surface area contributed by atoms with E-state index in [1.165, 1.54) is 13.8 Å². The second-order valence-electron chi connectivity index (χ2n) is 4.76. The van der Waals surface area contributed by atoms with Gasteiger partial charge in [-0.2, -0.15) is 0 Å². The Kier molecular flexibility index (Phi) is 3.07. The van der Waals surface area contributed by atoms with E-state index < -0.39 is 5.60 Å². The molecule has 2 rings (SSSR count). The van der Waals surface area contributed by atoms with Gasteiger partial charge in [0.15, 0.2) is 0 Å². The first-order chi connectivity index (χ1) is 7.98. The zero-order chi connectivity index (χ0) is 12.5. The molecule has 1 aromatic rings. The maximum absolute atomic E-state index is 11.7. The number of rotatable bonds is 2. The molecule has 1 unspecified atom stereocenters. The van der Waals surface area contributed by atoms with Crippen LogP contribution in [0.5, 0.6) is 5.75 Å². The number of para-hydroxylation sites is 1. The summed E-state index contributed by atoms with van der Waals surface area (Å²) in [7, 11) is 0. The molecule has 1 atom stereocenters. The van der Waals surface area contributed by atoms with E-state index >= 15 is 0 Å². The molecule has 1 aliphatic heterocycles. The average Bonchev–Trinajstić information content (AvgIpc) is 2.28. The minimum absolute atomic E-state index is 0.0844. The van der Waals surface area contributed by atoms with Crippen molar-refractivity contribution in [3.63, 3.8) is 0 Å². The molecule has 0 saturated carbocycles. The summed E-state index contributed by atoms with van der Waals surface area (Å²) in [5.41, 5.74) is -0.385. The van der Waals surface area contributed by atoms with Gasteiger partial charge < -0.3 is 15.2 Å². The monoisotopic (exact) mass is 235 g/mol. The Balaban J connectivity index is 2.17. The van der Waals surface area contributed by atoms with E-state index in [-0.39, 0.29) is 11.9 Å². The molecule has 1 amide bonds. The van der Waals surface area contributed by atoms with Crippen molar-refractivity contribution in [3.05, 3.63) is 29.8 Å². The minimum Gasteiger partial charge on any atom is -0.493 e. The standard InChI is InChI=1S/C13H17NO3/c1-13(2,16)12(15)14-10-7-8-17-11-6-4-3-5-9(10)11/h3-6,10,16H,7-8H2,1-2H3,(H,14,15). The van der Waals surface area contributed by atoms with Crippen molar-refractivity contribution in [1.29, 1.82) is 0 Å². The van der Waals surface area contributed by atoms with Crippen LogP contribution >= 0.6 is 0 Å². The van der Waals surface area contributed by atoms with Crippen LogP contribution in [0.3, 0.4) is 0 Å². The van der Waals surface area contributed by atoms with Gasteiger partial charge in [0, 0.05) is 12.0 Å². The zero-order valence-corrected chi connectivity index (χ0v) is 10.1. The molecule has 1 aliphatic rings. The smallest absolute Gasteiger partial charge is 0.251 e. The second-order valence-corrected chi connectivity index (χ2v) is 4.76. The predicted molar refractivity (Wildman–Crippen MR) is 63.7 cm³/mol. The number of carbonyl (C=O) groups excluding carboxylic acids is 1. The van der Waals surface area contributed by atoms with E-state index in [1.54, 1.807) is 0 Å². The van der Waals surface area contributed by atoms with Crippen molar-refractivity contribution in [2.24, 2.45) is 0 Å². The van der Waals surface area contributed by atoms with E-state index in [4.69, 9.17) is 4.74 Å². The van der Waals surface area contributed by atoms with Crippen molar-refractivity contribution < 1.29 is 14.6 Å². The molecule has 0 radical (unpaired) electrons. The lowest BCUT2D eigenvalue weighted by Crippen LogP contribution is -2.44. The minimum atomic E-state index is -1.35. The quantitative estimate of drug-likeness (QED) is 0.814. The molecule has 4 heteroatoms. The van der Waals surface area contributed by atoms with Gasteiger partial charge in [-0.05, 0) is 19.9 Å². The highest BCUT2D eigenvalue weighted by molar-refractivity contribution is 5.84. The summed E-state index contributed by atoms with van der Waals surface area (Å²) < 4.78 is 5.51. The Morgan fingerprint density at radius 1 is 1.47 bits per heavy atom. The van der Waals surface area contributed by atoms with E-state index in [2.05, 4.69) is 5.32 Å². The van der Waals surface area contributed by atoms with Crippen LogP contribution in [0.25, 0.3) is 0 Å². The summed E-state index contributed by atoms with van der Waals surface area (Å²) in [5, 5.41) is 12.5. The van der Waals surface area contributed by atoms with Gasteiger partial charge in [0.05, 0.1) is 12.6 Å². The number of nitrogens with one attached hydrogen (secondary N) is 1. The van der Waals surface area contributed by atoms with Crippen molar-refractivity contribution in [1.82, 2.24) is 5.32 Å². The number of hydrogen-bond donors (Lipinski definition) is 2. The molecule has 0 saturated heterocycles. The Labute approximate surface area is 101 Å². The number of aliphatic hydroxyl groups is 1. The molecule has 4 nitrogen and oxygen atoms in total. The van der Waals surface area contributed by atoms with Gasteiger partial charge in [-0.1, -0.05) is 18.2 Å². The maximum Gasteiger partial charge on any atom is 0.251 e. The van der Waals surface area contributed by atoms with Gasteiger partial charge in [0.25, 0.3) is 5.91 Å². The van der Waals surface area contributed by atoms with Gasteiger partial charge in [-0.3, -0.25) is 4.79 Å². The summed E-state index contributed by atoms with van der Waals surface area (Å²) >= 11 is 0. The van der Waals surface area contributed by atoms with E-state index in [0.717, 1.165) is 17.7 Å². The first-order valence-corrected chi connectivity index (χ1v) is 5.73. The van der Waals surface area contributed by atoms with Crippen LogP contribution in [-0.2, 0) is 4.79 Å². The lowest BCUT2D eigenvalue weighted by Gasteiger charge is -2.28. The molecule has 0 aromatic heterocycles. The largest absolute Gasteiger partial charge is 0.493 e. The number of carbonyl (C=O) groups is 1. The SMILES string of the molecule is CC(C)(O)C(=O)NC1CCOc2ccccc21. The number of ether oxygens (including phenoxy) is 1. The van der Waals surface area contributed by atoms with Crippen LogP contribution in [0.15, 0.2) is 24.3 Å². The van der Waals surface area contributed by atoms with Crippen LogP contribution in [0, 0.1) is 0 Å². The average molecular weight is 235 g/mol. The van der Waals surface area contributed by atoms with Crippen LogP contribution in [-0.4, -0.2) is 23.2 Å². The highest BCUT2D eigenvalue weighted by atomic mass is 16.5. The molecule has 92 valence electrons. The van der Waals surface area contributed by atoms with Crippen molar-refractivity contribution >= 4 is 5.91 Å². The van der Waals surface area contributed by atoms with Crippen LogP contribution < -0.4 is 10.1 Å². The topological polar surface area (TPSA) is 58.6 Å². The third kappa shape index (κ3) is 2.58. The normalized spacial score (nSPS) is 19.1. The first-order valence-electron chi connectivity index (χ1n) is 5.73. The molecular weight excluding hydrogens is 218 g/mol. The number of benzene rings is 1. The number of amides is 1. The van der Waals surface area contributed by atoms with E-state index in [1.807, 2.05) is 24.3 Å². The summed E-state index contributed by atoms with van der Waals surface area (Å²) in [6, 6.07) is 7.55. The van der Waals surface area contributed by atoms with E-state index in [0.29, 0.717) is 6.61 Å². The lowest BCUT2D eigenvalue weighted by atomic mass is 9.99. The molecule has 0 aliphatic carbocycles. The second kappa shape index (κ2) is 4.37.